The number of carbonyl (C=O) groups is 1. The fourth-order valence-corrected chi connectivity index (χ4v) is 6.19. The molecule has 0 aliphatic heterocycles. The van der Waals surface area contributed by atoms with Gasteiger partial charge in [-0.05, 0) is 63.2 Å². The second-order valence-electron chi connectivity index (χ2n) is 7.71. The second-order valence-corrected chi connectivity index (χ2v) is 9.54. The van der Waals surface area contributed by atoms with Crippen LogP contribution in [0.2, 0.25) is 0 Å². The molecule has 2 nitrogen and oxygen atoms in total. The highest BCUT2D eigenvalue weighted by Crippen LogP contribution is 2.63. The predicted molar refractivity (Wildman–Crippen MR) is 125 cm³/mol. The van der Waals surface area contributed by atoms with Crippen LogP contribution in [0.3, 0.4) is 0 Å². The van der Waals surface area contributed by atoms with Crippen molar-refractivity contribution in [2.24, 2.45) is 0 Å². The van der Waals surface area contributed by atoms with Crippen LogP contribution in [0.5, 0.6) is 0 Å². The number of carboxylic acid groups (broad SMARTS) is 1. The van der Waals surface area contributed by atoms with Crippen LogP contribution in [-0.4, -0.2) is 11.1 Å². The lowest BCUT2D eigenvalue weighted by Gasteiger charge is -2.30. The van der Waals surface area contributed by atoms with Gasteiger partial charge in [0, 0.05) is 14.5 Å². The third kappa shape index (κ3) is 2.10. The van der Waals surface area contributed by atoms with E-state index in [1.54, 1.807) is 6.07 Å². The molecule has 0 unspecified atom stereocenters. The third-order valence-corrected chi connectivity index (χ3v) is 7.30. The molecular formula is C26H14Br2O2. The van der Waals surface area contributed by atoms with Crippen molar-refractivity contribution in [2.45, 2.75) is 5.41 Å². The molecule has 0 amide bonds. The van der Waals surface area contributed by atoms with Crippen molar-refractivity contribution in [1.82, 2.24) is 0 Å². The van der Waals surface area contributed by atoms with Crippen molar-refractivity contribution in [3.63, 3.8) is 0 Å². The maximum Gasteiger partial charge on any atom is 0.336 e. The lowest BCUT2D eigenvalue weighted by atomic mass is 9.70. The molecule has 2 aliphatic carbocycles. The van der Waals surface area contributed by atoms with Crippen LogP contribution in [0, 0.1) is 0 Å². The van der Waals surface area contributed by atoms with E-state index in [4.69, 9.17) is 0 Å². The first-order valence-electron chi connectivity index (χ1n) is 9.60. The molecule has 0 bridgehead atoms. The smallest absolute Gasteiger partial charge is 0.336 e. The number of aromatic carboxylic acids is 1. The predicted octanol–water partition coefficient (Wildman–Crippen LogP) is 7.25. The van der Waals surface area contributed by atoms with Crippen molar-refractivity contribution in [3.05, 3.63) is 116 Å². The van der Waals surface area contributed by atoms with Gasteiger partial charge in [-0.3, -0.25) is 0 Å². The first-order valence-corrected chi connectivity index (χ1v) is 11.2. The molecule has 144 valence electrons. The van der Waals surface area contributed by atoms with E-state index in [9.17, 15) is 9.90 Å². The molecule has 0 saturated heterocycles. The summed E-state index contributed by atoms with van der Waals surface area (Å²) in [5.74, 6) is -0.918. The van der Waals surface area contributed by atoms with Gasteiger partial charge in [0.05, 0.1) is 11.0 Å². The van der Waals surface area contributed by atoms with Crippen LogP contribution in [0.4, 0.5) is 0 Å². The largest absolute Gasteiger partial charge is 0.478 e. The Labute approximate surface area is 190 Å². The van der Waals surface area contributed by atoms with Gasteiger partial charge in [-0.2, -0.15) is 0 Å². The molecule has 6 rings (SSSR count). The zero-order chi connectivity index (χ0) is 20.6. The van der Waals surface area contributed by atoms with Crippen molar-refractivity contribution in [1.29, 1.82) is 0 Å². The quantitative estimate of drug-likeness (QED) is 0.249. The van der Waals surface area contributed by atoms with E-state index in [-0.39, 0.29) is 0 Å². The number of rotatable bonds is 1. The Morgan fingerprint density at radius 1 is 0.667 bits per heavy atom. The molecule has 0 aromatic heterocycles. The Kier molecular flexibility index (Phi) is 3.72. The van der Waals surface area contributed by atoms with Gasteiger partial charge in [-0.15, -0.1) is 0 Å². The summed E-state index contributed by atoms with van der Waals surface area (Å²) in [6.07, 6.45) is 0. The molecule has 4 heteroatoms. The zero-order valence-electron chi connectivity index (χ0n) is 15.6. The van der Waals surface area contributed by atoms with Crippen molar-refractivity contribution >= 4 is 37.8 Å². The van der Waals surface area contributed by atoms with Crippen LogP contribution in [0.1, 0.15) is 32.6 Å². The lowest BCUT2D eigenvalue weighted by Crippen LogP contribution is -2.26. The summed E-state index contributed by atoms with van der Waals surface area (Å²) < 4.78 is 1.75. The summed E-state index contributed by atoms with van der Waals surface area (Å²) in [5, 5.41) is 10.0. The topological polar surface area (TPSA) is 37.3 Å². The highest BCUT2D eigenvalue weighted by molar-refractivity contribution is 9.10. The van der Waals surface area contributed by atoms with E-state index in [1.165, 1.54) is 22.3 Å². The van der Waals surface area contributed by atoms with E-state index in [2.05, 4.69) is 92.5 Å². The average molecular weight is 518 g/mol. The summed E-state index contributed by atoms with van der Waals surface area (Å²) in [7, 11) is 0. The van der Waals surface area contributed by atoms with Crippen LogP contribution in [0.25, 0.3) is 22.3 Å². The Bertz CT molecular complexity index is 1360. The first kappa shape index (κ1) is 18.1. The van der Waals surface area contributed by atoms with E-state index < -0.39 is 11.4 Å². The number of carboxylic acids is 1. The van der Waals surface area contributed by atoms with Gasteiger partial charge in [-0.25, -0.2) is 4.79 Å². The Hall–Kier alpha value is -2.69. The normalized spacial score (nSPS) is 14.2. The van der Waals surface area contributed by atoms with E-state index in [0.717, 1.165) is 31.2 Å². The minimum absolute atomic E-state index is 0.321. The SMILES string of the molecule is O=C(O)c1cc(Br)cc2c1-c1ccc(Br)cc1C21c2ccccc2-c2ccccc21. The zero-order valence-corrected chi connectivity index (χ0v) is 18.8. The standard InChI is InChI=1S/C26H14Br2O2/c27-14-9-10-18-22(12-14)26(23-13-15(28)11-19(24(18)23)25(29)30)20-7-3-1-5-16(20)17-6-2-4-8-21(17)26/h1-13H,(H,29,30). The van der Waals surface area contributed by atoms with Gasteiger partial charge in [0.2, 0.25) is 0 Å². The van der Waals surface area contributed by atoms with Gasteiger partial charge in [0.25, 0.3) is 0 Å². The molecule has 0 heterocycles. The fraction of sp³-hybridized carbons (Fsp3) is 0.0385. The van der Waals surface area contributed by atoms with Gasteiger partial charge in [-0.1, -0.05) is 86.5 Å². The molecule has 0 saturated carbocycles. The number of halogens is 2. The molecule has 1 N–H and O–H groups in total. The number of benzene rings is 4. The van der Waals surface area contributed by atoms with E-state index in [1.807, 2.05) is 12.1 Å². The molecule has 4 aromatic rings. The maximum absolute atomic E-state index is 12.3. The third-order valence-electron chi connectivity index (χ3n) is 6.34. The van der Waals surface area contributed by atoms with Gasteiger partial charge in [0.15, 0.2) is 0 Å². The molecular weight excluding hydrogens is 504 g/mol. The summed E-state index contributed by atoms with van der Waals surface area (Å²) in [5.41, 5.74) is 8.47. The average Bonchev–Trinajstić information content (AvgIpc) is 3.20. The number of hydrogen-bond acceptors (Lipinski definition) is 1. The summed E-state index contributed by atoms with van der Waals surface area (Å²) >= 11 is 7.24. The highest BCUT2D eigenvalue weighted by Gasteiger charge is 2.52. The fourth-order valence-electron chi connectivity index (χ4n) is 5.37. The van der Waals surface area contributed by atoms with Crippen LogP contribution in [0.15, 0.2) is 87.8 Å². The minimum Gasteiger partial charge on any atom is -0.478 e. The molecule has 0 radical (unpaired) electrons. The monoisotopic (exact) mass is 516 g/mol. The van der Waals surface area contributed by atoms with Crippen LogP contribution in [-0.2, 0) is 5.41 Å². The highest BCUT2D eigenvalue weighted by atomic mass is 79.9. The molecule has 4 aromatic carbocycles. The lowest BCUT2D eigenvalue weighted by molar-refractivity contribution is 0.0697. The van der Waals surface area contributed by atoms with Crippen molar-refractivity contribution < 1.29 is 9.90 Å². The molecule has 1 spiro atoms. The Balaban J connectivity index is 1.89. The van der Waals surface area contributed by atoms with E-state index >= 15 is 0 Å². The van der Waals surface area contributed by atoms with Crippen molar-refractivity contribution in [3.8, 4) is 22.3 Å². The minimum atomic E-state index is -0.918. The summed E-state index contributed by atoms with van der Waals surface area (Å²) in [4.78, 5) is 12.3. The Morgan fingerprint density at radius 3 is 1.90 bits per heavy atom. The number of fused-ring (bicyclic) bond motifs is 10. The van der Waals surface area contributed by atoms with Gasteiger partial charge < -0.3 is 5.11 Å². The molecule has 0 fully saturated rings. The Morgan fingerprint density at radius 2 is 1.27 bits per heavy atom. The van der Waals surface area contributed by atoms with Gasteiger partial charge >= 0.3 is 5.97 Å². The molecule has 0 atom stereocenters. The van der Waals surface area contributed by atoms with Crippen LogP contribution >= 0.6 is 31.9 Å². The maximum atomic E-state index is 12.3. The first-order chi connectivity index (χ1) is 14.5. The molecule has 2 aliphatic rings. The van der Waals surface area contributed by atoms with Crippen molar-refractivity contribution in [2.75, 3.05) is 0 Å². The van der Waals surface area contributed by atoms with Crippen LogP contribution < -0.4 is 0 Å². The molecule has 30 heavy (non-hydrogen) atoms. The van der Waals surface area contributed by atoms with E-state index in [0.29, 0.717) is 5.56 Å². The van der Waals surface area contributed by atoms with Gasteiger partial charge in [0.1, 0.15) is 0 Å². The number of hydrogen-bond donors (Lipinski definition) is 1. The summed E-state index contributed by atoms with van der Waals surface area (Å²) in [6.45, 7) is 0. The second kappa shape index (κ2) is 6.16. The summed E-state index contributed by atoms with van der Waals surface area (Å²) in [6, 6.07) is 26.9.